The number of carbonyl (C=O) groups excluding carboxylic acids is 1. The predicted octanol–water partition coefficient (Wildman–Crippen LogP) is 4.18. The first kappa shape index (κ1) is 23.6. The van der Waals surface area contributed by atoms with E-state index in [1.165, 1.54) is 19.3 Å². The van der Waals surface area contributed by atoms with Crippen molar-refractivity contribution in [3.8, 4) is 0 Å². The van der Waals surface area contributed by atoms with Crippen molar-refractivity contribution in [2.24, 2.45) is 28.9 Å². The Morgan fingerprint density at radius 2 is 1.74 bits per heavy atom. The van der Waals surface area contributed by atoms with Crippen LogP contribution in [0.5, 0.6) is 0 Å². The van der Waals surface area contributed by atoms with Crippen molar-refractivity contribution in [3.63, 3.8) is 0 Å². The van der Waals surface area contributed by atoms with Gasteiger partial charge in [-0.15, -0.1) is 0 Å². The first-order valence-electron chi connectivity index (χ1n) is 13.3. The average molecular weight is 465 g/mol. The first-order valence-corrected chi connectivity index (χ1v) is 13.3. The number of nitrogens with one attached hydrogen (secondary N) is 2. The minimum Gasteiger partial charge on any atom is -0.396 e. The van der Waals surface area contributed by atoms with E-state index >= 15 is 0 Å². The third-order valence-corrected chi connectivity index (χ3v) is 8.68. The lowest BCUT2D eigenvalue weighted by Gasteiger charge is -2.59. The quantitative estimate of drug-likeness (QED) is 0.353. The molecule has 1 aromatic heterocycles. The third-order valence-electron chi connectivity index (χ3n) is 8.68. The van der Waals surface area contributed by atoms with Crippen LogP contribution < -0.4 is 16.4 Å². The highest BCUT2D eigenvalue weighted by molar-refractivity contribution is 5.92. The molecule has 6 nitrogen and oxygen atoms in total. The highest BCUT2D eigenvalue weighted by Gasteiger charge is 2.56. The van der Waals surface area contributed by atoms with Gasteiger partial charge in [-0.1, -0.05) is 12.1 Å². The van der Waals surface area contributed by atoms with Crippen LogP contribution in [0.15, 0.2) is 30.3 Å². The number of pyridine rings is 1. The Labute approximate surface area is 203 Å². The van der Waals surface area contributed by atoms with Crippen molar-refractivity contribution in [1.29, 1.82) is 0 Å². The SMILES string of the molecule is NC(=O)C(c1cccc2nc(NCCNCCCCCO)ccc12)C12CC3CC(CC(C3)C1)C2. The average Bonchev–Trinajstić information content (AvgIpc) is 2.79. The van der Waals surface area contributed by atoms with Crippen LogP contribution in [-0.2, 0) is 4.79 Å². The van der Waals surface area contributed by atoms with E-state index in [1.54, 1.807) is 0 Å². The number of aliphatic hydroxyl groups is 1. The molecular weight excluding hydrogens is 424 g/mol. The van der Waals surface area contributed by atoms with Crippen molar-refractivity contribution in [1.82, 2.24) is 10.3 Å². The van der Waals surface area contributed by atoms with Gasteiger partial charge in [0.15, 0.2) is 0 Å². The maximum absolute atomic E-state index is 13.0. The number of carbonyl (C=O) groups is 1. The lowest BCUT2D eigenvalue weighted by atomic mass is 9.45. The molecule has 1 amide bonds. The van der Waals surface area contributed by atoms with E-state index in [1.807, 2.05) is 18.2 Å². The molecule has 1 heterocycles. The van der Waals surface area contributed by atoms with Crippen LogP contribution in [0.2, 0.25) is 0 Å². The zero-order valence-electron chi connectivity index (χ0n) is 20.3. The molecule has 1 unspecified atom stereocenters. The molecular formula is C28H40N4O2. The number of benzene rings is 1. The Kier molecular flexibility index (Phi) is 7.07. The molecule has 1 atom stereocenters. The number of amides is 1. The third kappa shape index (κ3) is 4.80. The van der Waals surface area contributed by atoms with E-state index in [2.05, 4.69) is 22.8 Å². The maximum Gasteiger partial charge on any atom is 0.225 e. The Morgan fingerprint density at radius 3 is 2.41 bits per heavy atom. The van der Waals surface area contributed by atoms with E-state index < -0.39 is 0 Å². The highest BCUT2D eigenvalue weighted by atomic mass is 16.2. The molecule has 4 saturated carbocycles. The zero-order chi connectivity index (χ0) is 23.5. The van der Waals surface area contributed by atoms with Gasteiger partial charge < -0.3 is 21.5 Å². The maximum atomic E-state index is 13.0. The summed E-state index contributed by atoms with van der Waals surface area (Å²) in [6.07, 6.45) is 10.6. The summed E-state index contributed by atoms with van der Waals surface area (Å²) in [7, 11) is 0. The number of nitrogens with zero attached hydrogens (tertiary/aromatic N) is 1. The van der Waals surface area contributed by atoms with E-state index in [0.717, 1.165) is 98.2 Å². The molecule has 6 heteroatoms. The van der Waals surface area contributed by atoms with Crippen LogP contribution in [0.4, 0.5) is 5.82 Å². The standard InChI is InChI=1S/C28H40N4O2/c29-27(34)26(28-16-19-13-20(17-28)15-21(14-19)18-28)23-5-4-6-24-22(23)7-8-25(32-24)31-11-10-30-9-2-1-3-12-33/h4-8,19-21,26,30,33H,1-3,9-18H2,(H2,29,34)(H,31,32). The molecule has 0 spiro atoms. The van der Waals surface area contributed by atoms with Gasteiger partial charge in [-0.3, -0.25) is 4.79 Å². The normalized spacial score (nSPS) is 28.3. The van der Waals surface area contributed by atoms with Crippen LogP contribution in [0.3, 0.4) is 0 Å². The van der Waals surface area contributed by atoms with Crippen LogP contribution in [-0.4, -0.2) is 42.2 Å². The summed E-state index contributed by atoms with van der Waals surface area (Å²) in [5.74, 6) is 2.81. The van der Waals surface area contributed by atoms with Gasteiger partial charge in [0.1, 0.15) is 5.82 Å². The topological polar surface area (TPSA) is 100 Å². The van der Waals surface area contributed by atoms with E-state index in [9.17, 15) is 4.79 Å². The molecule has 6 rings (SSSR count). The van der Waals surface area contributed by atoms with Crippen molar-refractivity contribution >= 4 is 22.6 Å². The number of hydrogen-bond acceptors (Lipinski definition) is 5. The van der Waals surface area contributed by atoms with Gasteiger partial charge in [0.05, 0.1) is 11.4 Å². The van der Waals surface area contributed by atoms with Gasteiger partial charge in [0.25, 0.3) is 0 Å². The number of fused-ring (bicyclic) bond motifs is 1. The van der Waals surface area contributed by atoms with Gasteiger partial charge in [0.2, 0.25) is 5.91 Å². The number of nitrogens with two attached hydrogens (primary N) is 1. The zero-order valence-corrected chi connectivity index (χ0v) is 20.3. The van der Waals surface area contributed by atoms with E-state index in [-0.39, 0.29) is 23.8 Å². The molecule has 34 heavy (non-hydrogen) atoms. The number of anilines is 1. The molecule has 184 valence electrons. The fourth-order valence-corrected chi connectivity index (χ4v) is 7.79. The van der Waals surface area contributed by atoms with Crippen molar-refractivity contribution in [2.45, 2.75) is 63.7 Å². The van der Waals surface area contributed by atoms with Crippen LogP contribution in [0, 0.1) is 23.2 Å². The number of rotatable bonds is 12. The Bertz CT molecular complexity index is 972. The molecule has 0 radical (unpaired) electrons. The molecule has 1 aromatic carbocycles. The summed E-state index contributed by atoms with van der Waals surface area (Å²) < 4.78 is 0. The van der Waals surface area contributed by atoms with Gasteiger partial charge in [-0.25, -0.2) is 4.98 Å². The molecule has 4 fully saturated rings. The number of aromatic nitrogens is 1. The smallest absolute Gasteiger partial charge is 0.225 e. The van der Waals surface area contributed by atoms with Gasteiger partial charge >= 0.3 is 0 Å². The Balaban J connectivity index is 1.29. The number of aliphatic hydroxyl groups excluding tert-OH is 1. The number of unbranched alkanes of at least 4 members (excludes halogenated alkanes) is 2. The molecule has 4 aliphatic rings. The van der Waals surface area contributed by atoms with Gasteiger partial charge in [-0.05, 0) is 111 Å². The fraction of sp³-hybridized carbons (Fsp3) is 0.643. The number of primary amides is 1. The lowest BCUT2D eigenvalue weighted by molar-refractivity contribution is -0.130. The Morgan fingerprint density at radius 1 is 1.00 bits per heavy atom. The fourth-order valence-electron chi connectivity index (χ4n) is 7.79. The van der Waals surface area contributed by atoms with E-state index in [4.69, 9.17) is 15.8 Å². The molecule has 2 aromatic rings. The van der Waals surface area contributed by atoms with Crippen LogP contribution in [0.25, 0.3) is 10.9 Å². The minimum atomic E-state index is -0.222. The second-order valence-corrected chi connectivity index (χ2v) is 11.2. The molecule has 0 saturated heterocycles. The number of hydrogen-bond donors (Lipinski definition) is 4. The predicted molar refractivity (Wildman–Crippen MR) is 137 cm³/mol. The molecule has 4 aliphatic carbocycles. The lowest BCUT2D eigenvalue weighted by Crippen LogP contribution is -2.51. The first-order chi connectivity index (χ1) is 16.6. The summed E-state index contributed by atoms with van der Waals surface area (Å²) >= 11 is 0. The second kappa shape index (κ2) is 10.2. The van der Waals surface area contributed by atoms with Crippen LogP contribution in [0.1, 0.15) is 69.3 Å². The Hall–Kier alpha value is -2.18. The highest BCUT2D eigenvalue weighted by Crippen LogP contribution is 2.64. The van der Waals surface area contributed by atoms with Crippen molar-refractivity contribution in [3.05, 3.63) is 35.9 Å². The summed E-state index contributed by atoms with van der Waals surface area (Å²) in [6.45, 7) is 2.92. The monoisotopic (exact) mass is 464 g/mol. The van der Waals surface area contributed by atoms with E-state index in [0.29, 0.717) is 0 Å². The second-order valence-electron chi connectivity index (χ2n) is 11.2. The minimum absolute atomic E-state index is 0.0363. The largest absolute Gasteiger partial charge is 0.396 e. The van der Waals surface area contributed by atoms with Gasteiger partial charge in [-0.2, -0.15) is 0 Å². The summed E-state index contributed by atoms with van der Waals surface area (Å²) in [5.41, 5.74) is 8.19. The molecule has 4 bridgehead atoms. The van der Waals surface area contributed by atoms with Crippen molar-refractivity contribution < 1.29 is 9.90 Å². The molecule has 0 aliphatic heterocycles. The summed E-state index contributed by atoms with van der Waals surface area (Å²) in [6, 6.07) is 10.4. The summed E-state index contributed by atoms with van der Waals surface area (Å²) in [4.78, 5) is 17.8. The van der Waals surface area contributed by atoms with Gasteiger partial charge in [0, 0.05) is 25.1 Å². The van der Waals surface area contributed by atoms with Crippen molar-refractivity contribution in [2.75, 3.05) is 31.6 Å². The van der Waals surface area contributed by atoms with Crippen LogP contribution >= 0.6 is 0 Å². The molecule has 5 N–H and O–H groups in total. The summed E-state index contributed by atoms with van der Waals surface area (Å²) in [5, 5.41) is 16.7.